The number of nitriles is 1. The molecule has 1 saturated carbocycles. The maximum Gasteiger partial charge on any atom is 0.159 e. The van der Waals surface area contributed by atoms with Crippen molar-refractivity contribution in [1.29, 1.82) is 5.26 Å². The van der Waals surface area contributed by atoms with Gasteiger partial charge in [-0.25, -0.2) is 9.97 Å². The second kappa shape index (κ2) is 7.14. The van der Waals surface area contributed by atoms with Crippen LogP contribution in [0.15, 0.2) is 61.1 Å². The van der Waals surface area contributed by atoms with Crippen LogP contribution in [0.3, 0.4) is 0 Å². The summed E-state index contributed by atoms with van der Waals surface area (Å²) in [6.07, 6.45) is 7.62. The lowest BCUT2D eigenvalue weighted by atomic mass is 9.51. The van der Waals surface area contributed by atoms with E-state index >= 15 is 0 Å². The van der Waals surface area contributed by atoms with Crippen molar-refractivity contribution in [3.8, 4) is 17.5 Å². The van der Waals surface area contributed by atoms with E-state index in [9.17, 15) is 10.1 Å². The molecule has 0 aliphatic heterocycles. The fraction of sp³-hybridized carbons (Fsp3) is 0.320. The molecule has 0 amide bonds. The molecule has 2 aromatic heterocycles. The molecule has 1 aromatic carbocycles. The van der Waals surface area contributed by atoms with E-state index in [1.807, 2.05) is 43.5 Å². The molecule has 3 aromatic rings. The van der Waals surface area contributed by atoms with E-state index in [1.54, 1.807) is 12.4 Å². The van der Waals surface area contributed by atoms with Crippen LogP contribution in [-0.2, 0) is 16.6 Å². The van der Waals surface area contributed by atoms with Crippen molar-refractivity contribution in [3.05, 3.63) is 77.9 Å². The second-order valence-electron chi connectivity index (χ2n) is 8.36. The van der Waals surface area contributed by atoms with Crippen molar-refractivity contribution in [3.63, 3.8) is 0 Å². The highest BCUT2D eigenvalue weighted by Crippen LogP contribution is 2.55. The zero-order valence-corrected chi connectivity index (χ0v) is 16.8. The predicted molar refractivity (Wildman–Crippen MR) is 112 cm³/mol. The van der Waals surface area contributed by atoms with Crippen LogP contribution < -0.4 is 0 Å². The summed E-state index contributed by atoms with van der Waals surface area (Å²) in [5.41, 5.74) is 3.68. The summed E-state index contributed by atoms with van der Waals surface area (Å²) >= 11 is 0. The highest BCUT2D eigenvalue weighted by Gasteiger charge is 2.56. The van der Waals surface area contributed by atoms with Gasteiger partial charge in [0.25, 0.3) is 0 Å². The Labute approximate surface area is 175 Å². The molecule has 1 unspecified atom stereocenters. The van der Waals surface area contributed by atoms with Gasteiger partial charge >= 0.3 is 0 Å². The van der Waals surface area contributed by atoms with Crippen molar-refractivity contribution in [2.45, 2.75) is 31.6 Å². The molecule has 0 saturated heterocycles. The van der Waals surface area contributed by atoms with Gasteiger partial charge in [0.1, 0.15) is 5.92 Å². The molecule has 30 heavy (non-hydrogen) atoms. The van der Waals surface area contributed by atoms with Gasteiger partial charge in [-0.1, -0.05) is 37.3 Å². The molecule has 4 atom stereocenters. The maximum atomic E-state index is 12.9. The molecule has 5 nitrogen and oxygen atoms in total. The number of benzene rings is 1. The summed E-state index contributed by atoms with van der Waals surface area (Å²) in [7, 11) is 0. The van der Waals surface area contributed by atoms with Crippen LogP contribution in [0.5, 0.6) is 0 Å². The number of fused-ring (bicyclic) bond motifs is 3. The molecule has 2 heterocycles. The number of Topliss-reactive ketones (excluding diaryl/α,β-unsaturated/α-hetero) is 1. The van der Waals surface area contributed by atoms with Gasteiger partial charge in [-0.05, 0) is 48.4 Å². The lowest BCUT2D eigenvalue weighted by Crippen LogP contribution is -2.53. The minimum Gasteiger partial charge on any atom is -0.298 e. The van der Waals surface area contributed by atoms with Crippen LogP contribution in [0.4, 0.5) is 0 Å². The molecular weight excluding hydrogens is 372 g/mol. The Balaban J connectivity index is 1.77. The van der Waals surface area contributed by atoms with Gasteiger partial charge in [-0.15, -0.1) is 0 Å². The standard InChI is InChI=1S/C25H22N4O/c1-16-21-8-7-18-15-28-24(17-9-11-27-12-10-17)29-23(18)25(21,13-19(14-26)22(16)30)20-5-3-2-4-6-20/h2-6,9-12,15-16,19,21H,7-8,13H2,1H3/t16-,19?,21-,25-/m0/s1. The van der Waals surface area contributed by atoms with Crippen LogP contribution in [0.1, 0.15) is 36.6 Å². The Bertz CT molecular complexity index is 1140. The number of pyridine rings is 1. The number of carbonyl (C=O) groups excluding carboxylic acids is 1. The van der Waals surface area contributed by atoms with E-state index < -0.39 is 11.3 Å². The van der Waals surface area contributed by atoms with E-state index in [2.05, 4.69) is 28.2 Å². The zero-order chi connectivity index (χ0) is 20.7. The van der Waals surface area contributed by atoms with E-state index in [0.717, 1.165) is 35.2 Å². The number of aromatic nitrogens is 3. The number of nitrogens with zero attached hydrogens (tertiary/aromatic N) is 4. The molecule has 0 radical (unpaired) electrons. The minimum atomic E-state index is -0.623. The Morgan fingerprint density at radius 1 is 1.13 bits per heavy atom. The summed E-state index contributed by atoms with van der Waals surface area (Å²) in [5, 5.41) is 9.80. The lowest BCUT2D eigenvalue weighted by molar-refractivity contribution is -0.131. The van der Waals surface area contributed by atoms with Gasteiger partial charge in [0, 0.05) is 35.5 Å². The number of ketones is 1. The Hall–Kier alpha value is -3.39. The van der Waals surface area contributed by atoms with Gasteiger partial charge in [0.05, 0.1) is 11.8 Å². The molecule has 2 aliphatic rings. The van der Waals surface area contributed by atoms with Gasteiger partial charge in [-0.3, -0.25) is 9.78 Å². The number of hydrogen-bond donors (Lipinski definition) is 0. The average Bonchev–Trinajstić information content (AvgIpc) is 2.82. The maximum absolute atomic E-state index is 12.9. The quantitative estimate of drug-likeness (QED) is 0.653. The largest absolute Gasteiger partial charge is 0.298 e. The third kappa shape index (κ3) is 2.68. The molecular formula is C25H22N4O. The second-order valence-corrected chi connectivity index (χ2v) is 8.36. The van der Waals surface area contributed by atoms with Crippen molar-refractivity contribution in [1.82, 2.24) is 15.0 Å². The topological polar surface area (TPSA) is 79.5 Å². The van der Waals surface area contributed by atoms with Gasteiger partial charge in [0.2, 0.25) is 0 Å². The molecule has 1 fully saturated rings. The smallest absolute Gasteiger partial charge is 0.159 e. The van der Waals surface area contributed by atoms with Crippen molar-refractivity contribution < 1.29 is 4.79 Å². The Kier molecular flexibility index (Phi) is 4.43. The van der Waals surface area contributed by atoms with Crippen LogP contribution in [-0.4, -0.2) is 20.7 Å². The molecule has 148 valence electrons. The highest BCUT2D eigenvalue weighted by atomic mass is 16.1. The van der Waals surface area contributed by atoms with E-state index in [-0.39, 0.29) is 17.6 Å². The number of aryl methyl sites for hydroxylation is 1. The Morgan fingerprint density at radius 2 is 1.90 bits per heavy atom. The minimum absolute atomic E-state index is 0.0703. The monoisotopic (exact) mass is 394 g/mol. The summed E-state index contributed by atoms with van der Waals surface area (Å²) in [5.74, 6) is 0.0358. The zero-order valence-electron chi connectivity index (χ0n) is 16.8. The SMILES string of the molecule is C[C@@H]1C(=O)C(C#N)C[C@@]2(c3ccccc3)c3nc(-c4ccncc4)ncc3CC[C@@H]12. The molecule has 0 spiro atoms. The lowest BCUT2D eigenvalue weighted by Gasteiger charge is -2.51. The first kappa shape index (κ1) is 18.6. The fourth-order valence-corrected chi connectivity index (χ4v) is 5.53. The van der Waals surface area contributed by atoms with Gasteiger partial charge in [0.15, 0.2) is 11.6 Å². The van der Waals surface area contributed by atoms with Crippen LogP contribution >= 0.6 is 0 Å². The first-order chi connectivity index (χ1) is 14.6. The van der Waals surface area contributed by atoms with Crippen molar-refractivity contribution in [2.75, 3.05) is 0 Å². The number of carbonyl (C=O) groups is 1. The molecule has 5 rings (SSSR count). The summed E-state index contributed by atoms with van der Waals surface area (Å²) in [4.78, 5) is 26.7. The van der Waals surface area contributed by atoms with Crippen molar-refractivity contribution >= 4 is 5.78 Å². The summed E-state index contributed by atoms with van der Waals surface area (Å²) in [6, 6.07) is 16.4. The molecule has 2 aliphatic carbocycles. The highest BCUT2D eigenvalue weighted by molar-refractivity contribution is 5.87. The molecule has 0 bridgehead atoms. The van der Waals surface area contributed by atoms with Crippen LogP contribution in [0.25, 0.3) is 11.4 Å². The first-order valence-corrected chi connectivity index (χ1v) is 10.4. The average molecular weight is 394 g/mol. The third-order valence-corrected chi connectivity index (χ3v) is 6.95. The van der Waals surface area contributed by atoms with E-state index in [1.165, 1.54) is 0 Å². The molecule has 0 N–H and O–H groups in total. The first-order valence-electron chi connectivity index (χ1n) is 10.4. The Morgan fingerprint density at radius 3 is 2.63 bits per heavy atom. The van der Waals surface area contributed by atoms with E-state index in [4.69, 9.17) is 4.98 Å². The van der Waals surface area contributed by atoms with E-state index in [0.29, 0.717) is 12.2 Å². The van der Waals surface area contributed by atoms with Crippen LogP contribution in [0, 0.1) is 29.1 Å². The third-order valence-electron chi connectivity index (χ3n) is 6.95. The van der Waals surface area contributed by atoms with Gasteiger partial charge in [-0.2, -0.15) is 5.26 Å². The van der Waals surface area contributed by atoms with Gasteiger partial charge < -0.3 is 0 Å². The summed E-state index contributed by atoms with van der Waals surface area (Å²) < 4.78 is 0. The molecule has 5 heteroatoms. The fourth-order valence-electron chi connectivity index (χ4n) is 5.53. The summed E-state index contributed by atoms with van der Waals surface area (Å²) in [6.45, 7) is 1.99. The van der Waals surface area contributed by atoms with Crippen LogP contribution in [0.2, 0.25) is 0 Å². The van der Waals surface area contributed by atoms with Crippen molar-refractivity contribution in [2.24, 2.45) is 17.8 Å². The number of hydrogen-bond acceptors (Lipinski definition) is 5. The number of rotatable bonds is 2. The predicted octanol–water partition coefficient (Wildman–Crippen LogP) is 4.14. The normalized spacial score (nSPS) is 27.6.